The Bertz CT molecular complexity index is 1900. The van der Waals surface area contributed by atoms with Crippen molar-refractivity contribution in [2.24, 2.45) is 5.10 Å². The number of carbonyl (C=O) groups excluding carboxylic acids is 4. The molecule has 0 atom stereocenters. The Morgan fingerprint density at radius 3 is 2.21 bits per heavy atom. The molecule has 0 spiro atoms. The monoisotopic (exact) mass is 712 g/mol. The first-order valence-corrected chi connectivity index (χ1v) is 16.5. The Balaban J connectivity index is 1.33. The average Bonchev–Trinajstić information content (AvgIpc) is 3.49. The van der Waals surface area contributed by atoms with Gasteiger partial charge in [-0.25, -0.2) is 13.8 Å². The van der Waals surface area contributed by atoms with Gasteiger partial charge >= 0.3 is 11.8 Å². The highest BCUT2D eigenvalue weighted by Gasteiger charge is 2.26. The molecule has 48 heavy (non-hydrogen) atoms. The fraction of sp³-hybridized carbons (Fsp3) is 0.156. The number of anilines is 2. The van der Waals surface area contributed by atoms with Crippen LogP contribution in [0.25, 0.3) is 0 Å². The Morgan fingerprint density at radius 1 is 0.854 bits per heavy atom. The lowest BCUT2D eigenvalue weighted by Gasteiger charge is -2.21. The Hall–Kier alpha value is -5.02. The molecule has 3 aromatic carbocycles. The van der Waals surface area contributed by atoms with E-state index in [2.05, 4.69) is 26.5 Å². The van der Waals surface area contributed by atoms with Gasteiger partial charge in [0.1, 0.15) is 11.5 Å². The first-order chi connectivity index (χ1) is 22.9. The van der Waals surface area contributed by atoms with Crippen LogP contribution in [0.1, 0.15) is 24.0 Å². The highest BCUT2D eigenvalue weighted by atomic mass is 35.5. The SMILES string of the molecule is CC(=O)Nc1ccc(S(=O)(=O)N(CCc2ccccc2)CC(=O)N/N=C\c2ccc(CNC(=O)C(=O)Nc3cc(Cl)cc(Cl)c3)o2)cc1. The molecule has 0 radical (unpaired) electrons. The molecule has 1 heterocycles. The molecule has 4 rings (SSSR count). The molecule has 0 aliphatic carbocycles. The maximum absolute atomic E-state index is 13.5. The topological polar surface area (TPSA) is 179 Å². The number of halogens is 2. The molecule has 0 saturated carbocycles. The molecule has 0 bridgehead atoms. The lowest BCUT2D eigenvalue weighted by Crippen LogP contribution is -2.40. The summed E-state index contributed by atoms with van der Waals surface area (Å²) in [5, 5.41) is 11.8. The van der Waals surface area contributed by atoms with Crippen molar-refractivity contribution in [2.75, 3.05) is 23.7 Å². The second kappa shape index (κ2) is 16.7. The lowest BCUT2D eigenvalue weighted by atomic mass is 10.1. The van der Waals surface area contributed by atoms with Crippen molar-refractivity contribution in [1.82, 2.24) is 15.0 Å². The molecule has 4 aromatic rings. The third kappa shape index (κ3) is 10.8. The van der Waals surface area contributed by atoms with Gasteiger partial charge in [0.25, 0.3) is 5.91 Å². The molecular formula is C32H30Cl2N6O7S. The first kappa shape index (κ1) is 35.8. The summed E-state index contributed by atoms with van der Waals surface area (Å²) >= 11 is 11.8. The number of carbonyl (C=O) groups is 4. The van der Waals surface area contributed by atoms with Crippen LogP contribution in [0.4, 0.5) is 11.4 Å². The molecule has 4 N–H and O–H groups in total. The number of furan rings is 1. The zero-order valence-corrected chi connectivity index (χ0v) is 27.7. The van der Waals surface area contributed by atoms with E-state index in [9.17, 15) is 27.6 Å². The maximum atomic E-state index is 13.5. The zero-order chi connectivity index (χ0) is 34.7. The lowest BCUT2D eigenvalue weighted by molar-refractivity contribution is -0.136. The van der Waals surface area contributed by atoms with Gasteiger partial charge < -0.3 is 20.4 Å². The van der Waals surface area contributed by atoms with Gasteiger partial charge in [-0.05, 0) is 66.6 Å². The highest BCUT2D eigenvalue weighted by Crippen LogP contribution is 2.22. The van der Waals surface area contributed by atoms with E-state index in [1.165, 1.54) is 67.7 Å². The van der Waals surface area contributed by atoms with Crippen LogP contribution in [0.15, 0.2) is 99.3 Å². The number of rotatable bonds is 13. The molecule has 0 aliphatic rings. The number of nitrogens with one attached hydrogen (secondary N) is 4. The highest BCUT2D eigenvalue weighted by molar-refractivity contribution is 7.89. The molecule has 0 aliphatic heterocycles. The number of hydrogen-bond donors (Lipinski definition) is 4. The van der Waals surface area contributed by atoms with Crippen molar-refractivity contribution in [3.8, 4) is 0 Å². The van der Waals surface area contributed by atoms with E-state index >= 15 is 0 Å². The summed E-state index contributed by atoms with van der Waals surface area (Å²) in [7, 11) is -4.11. The van der Waals surface area contributed by atoms with Gasteiger partial charge in [-0.1, -0.05) is 53.5 Å². The Morgan fingerprint density at radius 2 is 1.54 bits per heavy atom. The molecule has 16 heteroatoms. The summed E-state index contributed by atoms with van der Waals surface area (Å²) in [6, 6.07) is 22.3. The summed E-state index contributed by atoms with van der Waals surface area (Å²) in [6.07, 6.45) is 1.55. The maximum Gasteiger partial charge on any atom is 0.313 e. The molecular weight excluding hydrogens is 683 g/mol. The smallest absolute Gasteiger partial charge is 0.313 e. The van der Waals surface area contributed by atoms with Gasteiger partial charge in [0, 0.05) is 34.9 Å². The van der Waals surface area contributed by atoms with Crippen molar-refractivity contribution >= 4 is 74.4 Å². The number of benzene rings is 3. The minimum Gasteiger partial charge on any atom is -0.458 e. The van der Waals surface area contributed by atoms with Crippen LogP contribution in [-0.4, -0.2) is 55.7 Å². The molecule has 0 saturated heterocycles. The Kier molecular flexibility index (Phi) is 12.5. The number of hydrazone groups is 1. The van der Waals surface area contributed by atoms with E-state index in [1.54, 1.807) is 0 Å². The molecule has 4 amide bonds. The second-order valence-corrected chi connectivity index (χ2v) is 13.0. The second-order valence-electron chi connectivity index (χ2n) is 10.2. The fourth-order valence-corrected chi connectivity index (χ4v) is 6.15. The largest absolute Gasteiger partial charge is 0.458 e. The molecule has 13 nitrogen and oxygen atoms in total. The van der Waals surface area contributed by atoms with Crippen molar-refractivity contribution in [1.29, 1.82) is 0 Å². The van der Waals surface area contributed by atoms with E-state index in [0.717, 1.165) is 9.87 Å². The normalized spacial score (nSPS) is 11.3. The molecule has 0 fully saturated rings. The fourth-order valence-electron chi connectivity index (χ4n) is 4.23. The number of amides is 4. The first-order valence-electron chi connectivity index (χ1n) is 14.3. The standard InChI is InChI=1S/C32H30Cl2N6O7S/c1-21(41)37-25-7-11-29(12-8-25)48(45,46)40(14-13-22-5-3-2-4-6-22)20-30(42)39-36-19-28-10-9-27(47-28)18-35-31(43)32(44)38-26-16-23(33)15-24(34)17-26/h2-12,15-17,19H,13-14,18,20H2,1H3,(H,35,43)(H,37,41)(H,38,44)(H,39,42)/b36-19-. The number of nitrogens with zero attached hydrogens (tertiary/aromatic N) is 2. The third-order valence-electron chi connectivity index (χ3n) is 6.44. The van der Waals surface area contributed by atoms with E-state index in [0.29, 0.717) is 12.1 Å². The van der Waals surface area contributed by atoms with Crippen LogP contribution in [0.2, 0.25) is 10.0 Å². The average molecular weight is 714 g/mol. The van der Waals surface area contributed by atoms with Gasteiger partial charge in [0.15, 0.2) is 0 Å². The van der Waals surface area contributed by atoms with Crippen LogP contribution in [0, 0.1) is 0 Å². The zero-order valence-electron chi connectivity index (χ0n) is 25.4. The van der Waals surface area contributed by atoms with E-state index in [-0.39, 0.29) is 51.1 Å². The summed E-state index contributed by atoms with van der Waals surface area (Å²) < 4.78 is 33.7. The predicted octanol–water partition coefficient (Wildman–Crippen LogP) is 4.18. The summed E-state index contributed by atoms with van der Waals surface area (Å²) in [6.45, 7) is 0.698. The quantitative estimate of drug-likeness (QED) is 0.0912. The summed E-state index contributed by atoms with van der Waals surface area (Å²) in [5.41, 5.74) is 3.86. The van der Waals surface area contributed by atoms with Crippen LogP contribution in [0.3, 0.4) is 0 Å². The minimum atomic E-state index is -4.11. The van der Waals surface area contributed by atoms with Gasteiger partial charge in [0.2, 0.25) is 15.9 Å². The summed E-state index contributed by atoms with van der Waals surface area (Å²) in [4.78, 5) is 48.5. The van der Waals surface area contributed by atoms with Gasteiger partial charge in [0.05, 0.1) is 24.2 Å². The van der Waals surface area contributed by atoms with E-state index < -0.39 is 34.3 Å². The van der Waals surface area contributed by atoms with Crippen molar-refractivity contribution in [2.45, 2.75) is 24.8 Å². The third-order valence-corrected chi connectivity index (χ3v) is 8.73. The van der Waals surface area contributed by atoms with Gasteiger partial charge in [-0.2, -0.15) is 9.41 Å². The van der Waals surface area contributed by atoms with Gasteiger partial charge in [-0.3, -0.25) is 19.2 Å². The number of hydrogen-bond acceptors (Lipinski definition) is 8. The van der Waals surface area contributed by atoms with Crippen LogP contribution >= 0.6 is 23.2 Å². The predicted molar refractivity (Wildman–Crippen MR) is 181 cm³/mol. The number of sulfonamides is 1. The molecule has 1 aromatic heterocycles. The van der Waals surface area contributed by atoms with Crippen LogP contribution in [0.5, 0.6) is 0 Å². The van der Waals surface area contributed by atoms with E-state index in [1.807, 2.05) is 30.3 Å². The van der Waals surface area contributed by atoms with Crippen LogP contribution in [-0.2, 0) is 42.2 Å². The van der Waals surface area contributed by atoms with Crippen molar-refractivity contribution < 1.29 is 32.0 Å². The minimum absolute atomic E-state index is 0.00898. The Labute approximate surface area is 286 Å². The van der Waals surface area contributed by atoms with E-state index in [4.69, 9.17) is 27.6 Å². The summed E-state index contributed by atoms with van der Waals surface area (Å²) in [5.74, 6) is -2.37. The van der Waals surface area contributed by atoms with Crippen molar-refractivity contribution in [3.05, 3.63) is 112 Å². The molecule has 0 unspecified atom stereocenters. The van der Waals surface area contributed by atoms with Crippen LogP contribution < -0.4 is 21.4 Å². The molecule has 250 valence electrons. The van der Waals surface area contributed by atoms with Crippen molar-refractivity contribution in [3.63, 3.8) is 0 Å². The van der Waals surface area contributed by atoms with Gasteiger partial charge in [-0.15, -0.1) is 0 Å².